The smallest absolute Gasteiger partial charge is 0.273 e. The summed E-state index contributed by atoms with van der Waals surface area (Å²) >= 11 is 0. The molecule has 0 saturated carbocycles. The Kier molecular flexibility index (Phi) is 4.44. The van der Waals surface area contributed by atoms with E-state index in [1.807, 2.05) is 36.5 Å². The molecule has 1 aliphatic heterocycles. The molecule has 1 aliphatic rings. The van der Waals surface area contributed by atoms with Gasteiger partial charge in [-0.15, -0.1) is 0 Å². The van der Waals surface area contributed by atoms with Gasteiger partial charge in [-0.25, -0.2) is 4.98 Å². The van der Waals surface area contributed by atoms with Crippen molar-refractivity contribution in [3.8, 4) is 11.3 Å². The Morgan fingerprint density at radius 1 is 0.967 bits per heavy atom. The zero-order valence-corrected chi connectivity index (χ0v) is 16.0. The fraction of sp³-hybridized carbons (Fsp3) is 0.136. The number of nitrogens with one attached hydrogen (secondary N) is 1. The van der Waals surface area contributed by atoms with Gasteiger partial charge in [0.1, 0.15) is 11.5 Å². The molecule has 3 aromatic heterocycles. The van der Waals surface area contributed by atoms with Gasteiger partial charge in [-0.2, -0.15) is 4.98 Å². The lowest BCUT2D eigenvalue weighted by Crippen LogP contribution is -2.43. The lowest BCUT2D eigenvalue weighted by atomic mass is 10.1. The maximum Gasteiger partial charge on any atom is 0.273 e. The molecule has 8 heteroatoms. The second-order valence-corrected chi connectivity index (χ2v) is 7.01. The normalized spacial score (nSPS) is 13.1. The van der Waals surface area contributed by atoms with Crippen molar-refractivity contribution in [2.24, 2.45) is 0 Å². The first-order valence-electron chi connectivity index (χ1n) is 9.66. The van der Waals surface area contributed by atoms with E-state index in [1.54, 1.807) is 33.7 Å². The van der Waals surface area contributed by atoms with E-state index in [1.165, 1.54) is 6.20 Å². The molecule has 8 nitrogen and oxygen atoms in total. The zero-order valence-electron chi connectivity index (χ0n) is 16.0. The second-order valence-electron chi connectivity index (χ2n) is 7.01. The number of hydrogen-bond donors (Lipinski definition) is 1. The minimum Gasteiger partial charge on any atom is -0.337 e. The monoisotopic (exact) mass is 398 g/mol. The first kappa shape index (κ1) is 18.0. The molecule has 148 valence electrons. The van der Waals surface area contributed by atoms with Gasteiger partial charge in [0, 0.05) is 37.2 Å². The third-order valence-electron chi connectivity index (χ3n) is 5.04. The third kappa shape index (κ3) is 3.28. The summed E-state index contributed by atoms with van der Waals surface area (Å²) in [6.07, 6.45) is 6.16. The summed E-state index contributed by atoms with van der Waals surface area (Å²) in [4.78, 5) is 40.2. The van der Waals surface area contributed by atoms with Crippen molar-refractivity contribution in [2.45, 2.75) is 6.42 Å². The van der Waals surface area contributed by atoms with E-state index in [-0.39, 0.29) is 17.2 Å². The van der Waals surface area contributed by atoms with Crippen LogP contribution in [0.3, 0.4) is 0 Å². The maximum absolute atomic E-state index is 12.8. The van der Waals surface area contributed by atoms with Crippen LogP contribution in [0.5, 0.6) is 0 Å². The van der Waals surface area contributed by atoms with Gasteiger partial charge in [-0.1, -0.05) is 30.3 Å². The predicted octanol–water partition coefficient (Wildman–Crippen LogP) is 2.89. The SMILES string of the molecule is O=C(Nc1ccn2cc(-c3ccccc3)nc2n1)c1cccnc1C(=O)N1CCC1. The van der Waals surface area contributed by atoms with Crippen molar-refractivity contribution < 1.29 is 9.59 Å². The Morgan fingerprint density at radius 3 is 2.57 bits per heavy atom. The first-order chi connectivity index (χ1) is 14.7. The molecule has 1 aromatic carbocycles. The second kappa shape index (κ2) is 7.40. The van der Waals surface area contributed by atoms with Crippen LogP contribution in [0.1, 0.15) is 27.3 Å². The standard InChI is InChI=1S/C22H18N6O2/c29-20(16-8-4-10-23-19(16)21(30)27-11-5-12-27)25-18-9-13-28-14-17(24-22(28)26-18)15-6-2-1-3-7-15/h1-4,6-10,13-14H,5,11-12H2,(H,24,25,26,29). The number of aromatic nitrogens is 4. The molecule has 1 N–H and O–H groups in total. The Labute approximate surface area is 172 Å². The fourth-order valence-electron chi connectivity index (χ4n) is 3.30. The van der Waals surface area contributed by atoms with Crippen molar-refractivity contribution in [2.75, 3.05) is 18.4 Å². The summed E-state index contributed by atoms with van der Waals surface area (Å²) in [7, 11) is 0. The predicted molar refractivity (Wildman–Crippen MR) is 111 cm³/mol. The summed E-state index contributed by atoms with van der Waals surface area (Å²) in [5, 5.41) is 2.76. The van der Waals surface area contributed by atoms with Gasteiger partial charge in [0.2, 0.25) is 5.78 Å². The molecule has 5 rings (SSSR count). The van der Waals surface area contributed by atoms with E-state index in [0.29, 0.717) is 24.7 Å². The first-order valence-corrected chi connectivity index (χ1v) is 9.66. The van der Waals surface area contributed by atoms with Crippen molar-refractivity contribution >= 4 is 23.4 Å². The highest BCUT2D eigenvalue weighted by molar-refractivity contribution is 6.11. The molecule has 4 aromatic rings. The summed E-state index contributed by atoms with van der Waals surface area (Å²) < 4.78 is 1.79. The van der Waals surface area contributed by atoms with E-state index in [0.717, 1.165) is 17.7 Å². The third-order valence-corrected chi connectivity index (χ3v) is 5.04. The number of benzene rings is 1. The van der Waals surface area contributed by atoms with Crippen LogP contribution in [0, 0.1) is 0 Å². The molecule has 30 heavy (non-hydrogen) atoms. The highest BCUT2D eigenvalue weighted by atomic mass is 16.2. The average Bonchev–Trinajstić information content (AvgIpc) is 3.16. The highest BCUT2D eigenvalue weighted by Gasteiger charge is 2.27. The fourth-order valence-corrected chi connectivity index (χ4v) is 3.30. The molecule has 0 radical (unpaired) electrons. The van der Waals surface area contributed by atoms with Crippen LogP contribution in [0.25, 0.3) is 17.0 Å². The van der Waals surface area contributed by atoms with E-state index in [4.69, 9.17) is 0 Å². The van der Waals surface area contributed by atoms with Gasteiger partial charge in [0.05, 0.1) is 11.3 Å². The Morgan fingerprint density at radius 2 is 1.80 bits per heavy atom. The van der Waals surface area contributed by atoms with Gasteiger partial charge >= 0.3 is 0 Å². The van der Waals surface area contributed by atoms with Crippen LogP contribution in [0.15, 0.2) is 67.1 Å². The number of likely N-dealkylation sites (tertiary alicyclic amines) is 1. The summed E-state index contributed by atoms with van der Waals surface area (Å²) in [5.74, 6) is 0.161. The Balaban J connectivity index is 1.41. The zero-order chi connectivity index (χ0) is 20.5. The Hall–Kier alpha value is -4.07. The number of imidazole rings is 1. The Bertz CT molecular complexity index is 1250. The molecule has 0 spiro atoms. The topological polar surface area (TPSA) is 92.5 Å². The summed E-state index contributed by atoms with van der Waals surface area (Å²) in [6.45, 7) is 1.39. The number of amides is 2. The molecule has 1 saturated heterocycles. The lowest BCUT2D eigenvalue weighted by Gasteiger charge is -2.30. The van der Waals surface area contributed by atoms with E-state index < -0.39 is 5.91 Å². The number of rotatable bonds is 4. The van der Waals surface area contributed by atoms with Crippen LogP contribution in [-0.4, -0.2) is 49.2 Å². The van der Waals surface area contributed by atoms with E-state index in [9.17, 15) is 9.59 Å². The van der Waals surface area contributed by atoms with Crippen molar-refractivity contribution in [3.63, 3.8) is 0 Å². The molecule has 1 fully saturated rings. The average molecular weight is 398 g/mol. The molecular weight excluding hydrogens is 380 g/mol. The minimum atomic E-state index is -0.432. The molecule has 0 aliphatic carbocycles. The molecule has 0 unspecified atom stereocenters. The van der Waals surface area contributed by atoms with E-state index in [2.05, 4.69) is 20.3 Å². The number of hydrogen-bond acceptors (Lipinski definition) is 5. The van der Waals surface area contributed by atoms with Crippen LogP contribution in [-0.2, 0) is 0 Å². The summed E-state index contributed by atoms with van der Waals surface area (Å²) in [5.41, 5.74) is 2.16. The number of nitrogens with zero attached hydrogens (tertiary/aromatic N) is 5. The number of pyridine rings is 1. The van der Waals surface area contributed by atoms with Gasteiger partial charge in [-0.3, -0.25) is 19.0 Å². The van der Waals surface area contributed by atoms with Crippen molar-refractivity contribution in [1.29, 1.82) is 0 Å². The van der Waals surface area contributed by atoms with Gasteiger partial charge < -0.3 is 10.2 Å². The van der Waals surface area contributed by atoms with E-state index >= 15 is 0 Å². The number of carbonyl (C=O) groups is 2. The lowest BCUT2D eigenvalue weighted by molar-refractivity contribution is 0.0642. The number of carbonyl (C=O) groups excluding carboxylic acids is 2. The van der Waals surface area contributed by atoms with Crippen molar-refractivity contribution in [1.82, 2.24) is 24.3 Å². The number of anilines is 1. The molecule has 0 bridgehead atoms. The van der Waals surface area contributed by atoms with Gasteiger partial charge in [0.15, 0.2) is 0 Å². The van der Waals surface area contributed by atoms with Crippen molar-refractivity contribution in [3.05, 3.63) is 78.4 Å². The minimum absolute atomic E-state index is 0.156. The number of fused-ring (bicyclic) bond motifs is 1. The van der Waals surface area contributed by atoms with Crippen LogP contribution in [0.4, 0.5) is 5.82 Å². The quantitative estimate of drug-likeness (QED) is 0.571. The highest BCUT2D eigenvalue weighted by Crippen LogP contribution is 2.19. The van der Waals surface area contributed by atoms with Crippen LogP contribution in [0.2, 0.25) is 0 Å². The maximum atomic E-state index is 12.8. The van der Waals surface area contributed by atoms with Gasteiger partial charge in [-0.05, 0) is 24.6 Å². The molecule has 2 amide bonds. The molecule has 0 atom stereocenters. The van der Waals surface area contributed by atoms with Crippen LogP contribution < -0.4 is 5.32 Å². The van der Waals surface area contributed by atoms with Gasteiger partial charge in [0.25, 0.3) is 11.8 Å². The largest absolute Gasteiger partial charge is 0.337 e. The van der Waals surface area contributed by atoms with Crippen LogP contribution >= 0.6 is 0 Å². The summed E-state index contributed by atoms with van der Waals surface area (Å²) in [6, 6.07) is 14.7. The molecule has 4 heterocycles. The molecular formula is C22H18N6O2.